The van der Waals surface area contributed by atoms with Gasteiger partial charge in [0.2, 0.25) is 0 Å². The third-order valence-electron chi connectivity index (χ3n) is 1.92. The molecule has 1 rings (SSSR count). The number of ether oxygens (including phenoxy) is 1. The first kappa shape index (κ1) is 13.0. The number of carbonyl (C=O) groups is 2. The minimum Gasteiger partial charge on any atom is -0.507 e. The van der Waals surface area contributed by atoms with Gasteiger partial charge in [0.1, 0.15) is 11.5 Å². The molecule has 90 valence electrons. The van der Waals surface area contributed by atoms with Gasteiger partial charge in [0.15, 0.2) is 5.78 Å². The molecule has 0 fully saturated rings. The maximum atomic E-state index is 11.7. The molecule has 0 aliphatic rings. The van der Waals surface area contributed by atoms with E-state index < -0.39 is 5.97 Å². The van der Waals surface area contributed by atoms with Crippen LogP contribution in [0.25, 0.3) is 0 Å². The van der Waals surface area contributed by atoms with E-state index in [9.17, 15) is 14.7 Å². The number of phenolic OH excluding ortho intramolecular Hbond substituents is 1. The summed E-state index contributed by atoms with van der Waals surface area (Å²) >= 11 is 0. The Kier molecular flexibility index (Phi) is 4.04. The number of allylic oxidation sites excluding steroid dienone is 2. The van der Waals surface area contributed by atoms with E-state index in [4.69, 9.17) is 4.74 Å². The number of hydrogen-bond acceptors (Lipinski definition) is 4. The van der Waals surface area contributed by atoms with Crippen LogP contribution in [-0.2, 0) is 4.79 Å². The Hall–Kier alpha value is -2.10. The van der Waals surface area contributed by atoms with Gasteiger partial charge in [-0.2, -0.15) is 0 Å². The average Bonchev–Trinajstić information content (AvgIpc) is 2.14. The summed E-state index contributed by atoms with van der Waals surface area (Å²) < 4.78 is 4.79. The fourth-order valence-electron chi connectivity index (χ4n) is 1.29. The molecule has 4 heteroatoms. The summed E-state index contributed by atoms with van der Waals surface area (Å²) in [5.74, 6) is -0.750. The Bertz CT molecular complexity index is 482. The molecule has 0 aliphatic heterocycles. The van der Waals surface area contributed by atoms with Crippen LogP contribution >= 0.6 is 0 Å². The van der Waals surface area contributed by atoms with Gasteiger partial charge in [0.05, 0.1) is 5.56 Å². The zero-order valence-corrected chi connectivity index (χ0v) is 9.98. The van der Waals surface area contributed by atoms with E-state index in [0.29, 0.717) is 0 Å². The predicted molar refractivity (Wildman–Crippen MR) is 63.2 cm³/mol. The smallest absolute Gasteiger partial charge is 0.308 e. The molecule has 0 radical (unpaired) electrons. The first-order chi connectivity index (χ1) is 7.90. The normalized spacial score (nSPS) is 9.59. The molecule has 17 heavy (non-hydrogen) atoms. The second-order valence-electron chi connectivity index (χ2n) is 3.86. The van der Waals surface area contributed by atoms with Crippen LogP contribution in [-0.4, -0.2) is 16.9 Å². The van der Waals surface area contributed by atoms with E-state index >= 15 is 0 Å². The summed E-state index contributed by atoms with van der Waals surface area (Å²) in [5, 5.41) is 9.65. The number of benzene rings is 1. The first-order valence-electron chi connectivity index (χ1n) is 5.11. The van der Waals surface area contributed by atoms with Crippen LogP contribution in [0, 0.1) is 0 Å². The average molecular weight is 234 g/mol. The number of ketones is 1. The van der Waals surface area contributed by atoms with Crippen molar-refractivity contribution in [1.82, 2.24) is 0 Å². The molecule has 0 saturated heterocycles. The van der Waals surface area contributed by atoms with Gasteiger partial charge in [-0.3, -0.25) is 9.59 Å². The molecule has 0 bridgehead atoms. The standard InChI is InChI=1S/C13H14O4/c1-8(2)6-12(15)11-5-4-10(7-13(11)16)17-9(3)14/h4-7,16H,1-3H3. The Morgan fingerprint density at radius 3 is 2.35 bits per heavy atom. The van der Waals surface area contributed by atoms with Gasteiger partial charge in [-0.05, 0) is 32.1 Å². The minimum atomic E-state index is -0.479. The molecule has 0 aliphatic carbocycles. The van der Waals surface area contributed by atoms with Gasteiger partial charge in [0.25, 0.3) is 0 Å². The van der Waals surface area contributed by atoms with Crippen LogP contribution in [0.15, 0.2) is 29.8 Å². The molecule has 0 heterocycles. The van der Waals surface area contributed by atoms with E-state index in [0.717, 1.165) is 5.57 Å². The second kappa shape index (κ2) is 5.30. The van der Waals surface area contributed by atoms with Gasteiger partial charge in [-0.25, -0.2) is 0 Å². The zero-order valence-electron chi connectivity index (χ0n) is 9.98. The van der Waals surface area contributed by atoms with E-state index in [2.05, 4.69) is 0 Å². The third kappa shape index (κ3) is 3.75. The molecule has 0 spiro atoms. The number of rotatable bonds is 3. The van der Waals surface area contributed by atoms with Crippen molar-refractivity contribution in [2.45, 2.75) is 20.8 Å². The monoisotopic (exact) mass is 234 g/mol. The van der Waals surface area contributed by atoms with Crippen molar-refractivity contribution in [1.29, 1.82) is 0 Å². The lowest BCUT2D eigenvalue weighted by atomic mass is 10.1. The first-order valence-corrected chi connectivity index (χ1v) is 5.11. The van der Waals surface area contributed by atoms with Gasteiger partial charge < -0.3 is 9.84 Å². The fraction of sp³-hybridized carbons (Fsp3) is 0.231. The number of hydrogen-bond donors (Lipinski definition) is 1. The maximum absolute atomic E-state index is 11.7. The van der Waals surface area contributed by atoms with Crippen LogP contribution in [0.1, 0.15) is 31.1 Å². The van der Waals surface area contributed by atoms with Gasteiger partial charge in [0, 0.05) is 13.0 Å². The Labute approximate surface area is 99.5 Å². The lowest BCUT2D eigenvalue weighted by molar-refractivity contribution is -0.131. The van der Waals surface area contributed by atoms with Crippen LogP contribution in [0.4, 0.5) is 0 Å². The topological polar surface area (TPSA) is 63.6 Å². The fourth-order valence-corrected chi connectivity index (χ4v) is 1.29. The molecule has 0 atom stereocenters. The van der Waals surface area contributed by atoms with Crippen molar-refractivity contribution in [2.24, 2.45) is 0 Å². The highest BCUT2D eigenvalue weighted by Crippen LogP contribution is 2.24. The SMILES string of the molecule is CC(=O)Oc1ccc(C(=O)C=C(C)C)c(O)c1. The molecule has 1 aromatic rings. The third-order valence-corrected chi connectivity index (χ3v) is 1.92. The molecule has 1 aromatic carbocycles. The number of phenols is 1. The van der Waals surface area contributed by atoms with E-state index in [1.54, 1.807) is 13.8 Å². The molecule has 0 amide bonds. The summed E-state index contributed by atoms with van der Waals surface area (Å²) in [7, 11) is 0. The summed E-state index contributed by atoms with van der Waals surface area (Å²) in [6, 6.07) is 4.13. The lowest BCUT2D eigenvalue weighted by Gasteiger charge is -2.04. The summed E-state index contributed by atoms with van der Waals surface area (Å²) in [4.78, 5) is 22.4. The van der Waals surface area contributed by atoms with Crippen molar-refractivity contribution in [3.8, 4) is 11.5 Å². The molecule has 4 nitrogen and oxygen atoms in total. The number of esters is 1. The Morgan fingerprint density at radius 2 is 1.88 bits per heavy atom. The molecule has 0 unspecified atom stereocenters. The maximum Gasteiger partial charge on any atom is 0.308 e. The summed E-state index contributed by atoms with van der Waals surface area (Å²) in [6.45, 7) is 4.85. The van der Waals surface area contributed by atoms with Crippen molar-refractivity contribution in [3.63, 3.8) is 0 Å². The van der Waals surface area contributed by atoms with E-state index in [1.165, 1.54) is 31.2 Å². The molecular formula is C13H14O4. The van der Waals surface area contributed by atoms with Crippen molar-refractivity contribution in [3.05, 3.63) is 35.4 Å². The van der Waals surface area contributed by atoms with E-state index in [1.807, 2.05) is 0 Å². The van der Waals surface area contributed by atoms with Crippen LogP contribution in [0.5, 0.6) is 11.5 Å². The highest BCUT2D eigenvalue weighted by atomic mass is 16.5. The van der Waals surface area contributed by atoms with Crippen molar-refractivity contribution < 1.29 is 19.4 Å². The number of carbonyl (C=O) groups excluding carboxylic acids is 2. The van der Waals surface area contributed by atoms with Crippen molar-refractivity contribution in [2.75, 3.05) is 0 Å². The molecule has 0 aromatic heterocycles. The summed E-state index contributed by atoms with van der Waals surface area (Å²) in [6.07, 6.45) is 1.43. The van der Waals surface area contributed by atoms with Gasteiger partial charge >= 0.3 is 5.97 Å². The highest BCUT2D eigenvalue weighted by Gasteiger charge is 2.10. The predicted octanol–water partition coefficient (Wildman–Crippen LogP) is 2.47. The van der Waals surface area contributed by atoms with Crippen LogP contribution in [0.3, 0.4) is 0 Å². The Balaban J connectivity index is 3.01. The minimum absolute atomic E-state index is 0.183. The number of aromatic hydroxyl groups is 1. The zero-order chi connectivity index (χ0) is 13.0. The van der Waals surface area contributed by atoms with Crippen LogP contribution < -0.4 is 4.74 Å². The van der Waals surface area contributed by atoms with Crippen LogP contribution in [0.2, 0.25) is 0 Å². The lowest BCUT2D eigenvalue weighted by Crippen LogP contribution is -2.02. The second-order valence-corrected chi connectivity index (χ2v) is 3.86. The van der Waals surface area contributed by atoms with Crippen molar-refractivity contribution >= 4 is 11.8 Å². The Morgan fingerprint density at radius 1 is 1.24 bits per heavy atom. The quantitative estimate of drug-likeness (QED) is 0.377. The highest BCUT2D eigenvalue weighted by molar-refractivity contribution is 6.06. The van der Waals surface area contributed by atoms with Gasteiger partial charge in [-0.15, -0.1) is 0 Å². The summed E-state index contributed by atoms with van der Waals surface area (Å²) in [5.41, 5.74) is 1.03. The molecule has 0 saturated carbocycles. The van der Waals surface area contributed by atoms with Gasteiger partial charge in [-0.1, -0.05) is 5.57 Å². The molecule has 1 N–H and O–H groups in total. The molecular weight excluding hydrogens is 220 g/mol. The largest absolute Gasteiger partial charge is 0.507 e. The van der Waals surface area contributed by atoms with E-state index in [-0.39, 0.29) is 22.8 Å².